The first-order valence-corrected chi connectivity index (χ1v) is 9.45. The van der Waals surface area contributed by atoms with Crippen LogP contribution in [0.4, 0.5) is 21.6 Å². The van der Waals surface area contributed by atoms with E-state index in [2.05, 4.69) is 31.8 Å². The Balaban J connectivity index is 1.60. The van der Waals surface area contributed by atoms with Crippen molar-refractivity contribution in [1.82, 2.24) is 19.9 Å². The van der Waals surface area contributed by atoms with E-state index in [4.69, 9.17) is 4.99 Å². The van der Waals surface area contributed by atoms with Crippen molar-refractivity contribution in [1.29, 1.82) is 0 Å². The second kappa shape index (κ2) is 7.07. The van der Waals surface area contributed by atoms with Gasteiger partial charge in [0.2, 0.25) is 0 Å². The predicted octanol–water partition coefficient (Wildman–Crippen LogP) is 4.51. The normalized spacial score (nSPS) is 14.4. The number of amidine groups is 1. The van der Waals surface area contributed by atoms with Crippen molar-refractivity contribution in [3.05, 3.63) is 79.1 Å². The molecule has 0 bridgehead atoms. The number of aliphatic imine (C=N–C) groups is 1. The van der Waals surface area contributed by atoms with Crippen LogP contribution in [0.3, 0.4) is 0 Å². The number of nitrogens with one attached hydrogen (secondary N) is 2. The highest BCUT2D eigenvalue weighted by atomic mass is 19.1. The molecular weight excluding hydrogens is 381 g/mol. The van der Waals surface area contributed by atoms with E-state index in [-0.39, 0.29) is 11.9 Å². The Morgan fingerprint density at radius 3 is 2.77 bits per heavy atom. The molecule has 0 fully saturated rings. The largest absolute Gasteiger partial charge is 0.358 e. The lowest BCUT2D eigenvalue weighted by molar-refractivity contribution is 0.627. The van der Waals surface area contributed by atoms with Gasteiger partial charge in [-0.3, -0.25) is 4.90 Å². The Morgan fingerprint density at radius 1 is 1.10 bits per heavy atom. The maximum atomic E-state index is 13.9. The molecule has 3 heterocycles. The van der Waals surface area contributed by atoms with Gasteiger partial charge in [-0.25, -0.2) is 24.3 Å². The molecule has 8 heteroatoms. The van der Waals surface area contributed by atoms with Gasteiger partial charge < -0.3 is 10.3 Å². The number of rotatable bonds is 4. The molecule has 1 unspecified atom stereocenters. The predicted molar refractivity (Wildman–Crippen MR) is 116 cm³/mol. The zero-order chi connectivity index (χ0) is 20.7. The summed E-state index contributed by atoms with van der Waals surface area (Å²) < 4.78 is 13.9. The van der Waals surface area contributed by atoms with Crippen LogP contribution in [0.2, 0.25) is 0 Å². The minimum absolute atomic E-state index is 0.249. The molecule has 0 saturated heterocycles. The molecule has 2 aromatic carbocycles. The van der Waals surface area contributed by atoms with Crippen molar-refractivity contribution in [2.24, 2.45) is 4.99 Å². The van der Waals surface area contributed by atoms with Gasteiger partial charge in [0, 0.05) is 16.9 Å². The molecule has 0 spiro atoms. The second-order valence-electron chi connectivity index (χ2n) is 6.94. The molecule has 2 aromatic heterocycles. The third-order valence-corrected chi connectivity index (χ3v) is 4.98. The van der Waals surface area contributed by atoms with Gasteiger partial charge in [-0.2, -0.15) is 0 Å². The fourth-order valence-corrected chi connectivity index (χ4v) is 3.57. The highest BCUT2D eigenvalue weighted by Crippen LogP contribution is 2.37. The minimum atomic E-state index is -0.324. The first-order valence-electron chi connectivity index (χ1n) is 9.45. The molecule has 0 radical (unpaired) electrons. The van der Waals surface area contributed by atoms with Gasteiger partial charge in [0.1, 0.15) is 23.5 Å². The summed E-state index contributed by atoms with van der Waals surface area (Å²) in [5.74, 6) is 1.02. The number of fused-ring (bicyclic) bond motifs is 2. The monoisotopic (exact) mass is 399 g/mol. The number of aromatic nitrogens is 4. The SMILES string of the molecule is C=C1c2cc(F)ccc2N=C(C(C)Nc2ncnc3nc[nH]c23)N1c1ccccc1. The first-order chi connectivity index (χ1) is 14.6. The molecule has 5 rings (SSSR count). The number of nitrogens with zero attached hydrogens (tertiary/aromatic N) is 5. The molecule has 0 amide bonds. The summed E-state index contributed by atoms with van der Waals surface area (Å²) in [6.07, 6.45) is 3.04. The molecule has 1 aliphatic heterocycles. The average Bonchev–Trinajstić information content (AvgIpc) is 3.24. The molecule has 30 heavy (non-hydrogen) atoms. The summed E-state index contributed by atoms with van der Waals surface area (Å²) >= 11 is 0. The number of hydrogen-bond acceptors (Lipinski definition) is 6. The van der Waals surface area contributed by atoms with Crippen LogP contribution in [-0.2, 0) is 0 Å². The lowest BCUT2D eigenvalue weighted by Gasteiger charge is -2.35. The molecule has 4 aromatic rings. The van der Waals surface area contributed by atoms with E-state index in [9.17, 15) is 4.39 Å². The van der Waals surface area contributed by atoms with Gasteiger partial charge in [-0.1, -0.05) is 24.8 Å². The summed E-state index contributed by atoms with van der Waals surface area (Å²) in [6.45, 7) is 6.23. The molecule has 148 valence electrons. The summed E-state index contributed by atoms with van der Waals surface area (Å²) in [7, 11) is 0. The van der Waals surface area contributed by atoms with Crippen LogP contribution in [0, 0.1) is 5.82 Å². The Hall–Kier alpha value is -4.07. The number of halogens is 1. The highest BCUT2D eigenvalue weighted by Gasteiger charge is 2.29. The van der Waals surface area contributed by atoms with E-state index < -0.39 is 0 Å². The molecule has 1 atom stereocenters. The summed E-state index contributed by atoms with van der Waals surface area (Å²) in [6, 6.07) is 14.1. The zero-order valence-corrected chi connectivity index (χ0v) is 16.2. The van der Waals surface area contributed by atoms with Crippen molar-refractivity contribution >= 4 is 39.9 Å². The smallest absolute Gasteiger partial charge is 0.182 e. The van der Waals surface area contributed by atoms with Gasteiger partial charge in [0.25, 0.3) is 0 Å². The quantitative estimate of drug-likeness (QED) is 0.528. The molecule has 7 nitrogen and oxygen atoms in total. The topological polar surface area (TPSA) is 82.1 Å². The Labute approximate surface area is 172 Å². The fraction of sp³-hybridized carbons (Fsp3) is 0.0909. The average molecular weight is 399 g/mol. The van der Waals surface area contributed by atoms with Crippen LogP contribution in [0.1, 0.15) is 12.5 Å². The van der Waals surface area contributed by atoms with E-state index in [0.717, 1.165) is 11.5 Å². The Bertz CT molecular complexity index is 1280. The number of H-pyrrole nitrogens is 1. The summed E-state index contributed by atoms with van der Waals surface area (Å²) in [4.78, 5) is 22.5. The lowest BCUT2D eigenvalue weighted by Crippen LogP contribution is -2.42. The maximum absolute atomic E-state index is 13.9. The van der Waals surface area contributed by atoms with Gasteiger partial charge in [-0.15, -0.1) is 0 Å². The van der Waals surface area contributed by atoms with Crippen LogP contribution in [0.5, 0.6) is 0 Å². The number of hydrogen-bond donors (Lipinski definition) is 2. The van der Waals surface area contributed by atoms with Crippen molar-refractivity contribution in [2.75, 3.05) is 10.2 Å². The molecule has 1 aliphatic rings. The van der Waals surface area contributed by atoms with Crippen LogP contribution in [0.25, 0.3) is 16.9 Å². The summed E-state index contributed by atoms with van der Waals surface area (Å²) in [5, 5.41) is 3.39. The second-order valence-corrected chi connectivity index (χ2v) is 6.94. The van der Waals surface area contributed by atoms with Gasteiger partial charge in [0.15, 0.2) is 11.5 Å². The van der Waals surface area contributed by atoms with Crippen LogP contribution < -0.4 is 10.2 Å². The van der Waals surface area contributed by atoms with Crippen molar-refractivity contribution < 1.29 is 4.39 Å². The lowest BCUT2D eigenvalue weighted by atomic mass is 10.0. The van der Waals surface area contributed by atoms with Crippen LogP contribution >= 0.6 is 0 Å². The number of anilines is 2. The molecule has 0 aliphatic carbocycles. The number of imidazole rings is 1. The van der Waals surface area contributed by atoms with Gasteiger partial charge in [0.05, 0.1) is 18.1 Å². The van der Waals surface area contributed by atoms with E-state index in [1.165, 1.54) is 18.5 Å². The standard InChI is InChI=1S/C22H18FN7/c1-13(28-21-19-20(25-11-24-19)26-12-27-21)22-29-18-9-8-15(23)10-17(18)14(2)30(22)16-6-4-3-5-7-16/h3-13H,2H2,1H3,(H2,24,25,26,27,28). The number of para-hydroxylation sites is 1. The van der Waals surface area contributed by atoms with Crippen LogP contribution in [-0.4, -0.2) is 31.8 Å². The Morgan fingerprint density at radius 2 is 1.93 bits per heavy atom. The first kappa shape index (κ1) is 18.0. The maximum Gasteiger partial charge on any atom is 0.182 e. The number of benzene rings is 2. The molecule has 0 saturated carbocycles. The third kappa shape index (κ3) is 2.98. The van der Waals surface area contributed by atoms with E-state index in [1.54, 1.807) is 12.4 Å². The minimum Gasteiger partial charge on any atom is -0.358 e. The van der Waals surface area contributed by atoms with E-state index in [1.807, 2.05) is 42.2 Å². The van der Waals surface area contributed by atoms with E-state index in [0.29, 0.717) is 33.9 Å². The third-order valence-electron chi connectivity index (χ3n) is 4.98. The van der Waals surface area contributed by atoms with Crippen molar-refractivity contribution in [2.45, 2.75) is 13.0 Å². The van der Waals surface area contributed by atoms with Crippen molar-refractivity contribution in [3.8, 4) is 0 Å². The van der Waals surface area contributed by atoms with Gasteiger partial charge in [-0.05, 0) is 37.3 Å². The molecular formula is C22H18FN7. The van der Waals surface area contributed by atoms with E-state index >= 15 is 0 Å². The van der Waals surface area contributed by atoms with Crippen molar-refractivity contribution in [3.63, 3.8) is 0 Å². The van der Waals surface area contributed by atoms with Crippen LogP contribution in [0.15, 0.2) is 72.8 Å². The zero-order valence-electron chi connectivity index (χ0n) is 16.2. The molecule has 2 N–H and O–H groups in total. The number of aromatic amines is 1. The Kier molecular flexibility index (Phi) is 4.24. The highest BCUT2D eigenvalue weighted by molar-refractivity contribution is 6.16. The van der Waals surface area contributed by atoms with Gasteiger partial charge >= 0.3 is 0 Å². The fourth-order valence-electron chi connectivity index (χ4n) is 3.57. The summed E-state index contributed by atoms with van der Waals surface area (Å²) in [5.41, 5.74) is 4.17.